The Balaban J connectivity index is 1.62. The highest BCUT2D eigenvalue weighted by Gasteiger charge is 2.39. The smallest absolute Gasteiger partial charge is 0.157 e. The molecule has 17 heavy (non-hydrogen) atoms. The van der Waals surface area contributed by atoms with Gasteiger partial charge in [0.15, 0.2) is 5.17 Å². The molecule has 1 aliphatic carbocycles. The summed E-state index contributed by atoms with van der Waals surface area (Å²) in [4.78, 5) is 4.57. The van der Waals surface area contributed by atoms with Gasteiger partial charge < -0.3 is 9.84 Å². The summed E-state index contributed by atoms with van der Waals surface area (Å²) >= 11 is 1.85. The molecule has 0 aromatic carbocycles. The summed E-state index contributed by atoms with van der Waals surface area (Å²) in [5.41, 5.74) is 1.26. The van der Waals surface area contributed by atoms with Crippen molar-refractivity contribution in [2.75, 3.05) is 5.75 Å². The van der Waals surface area contributed by atoms with E-state index in [1.54, 1.807) is 0 Å². The highest BCUT2D eigenvalue weighted by molar-refractivity contribution is 8.14. The van der Waals surface area contributed by atoms with Crippen molar-refractivity contribution in [1.82, 2.24) is 10.5 Å². The maximum atomic E-state index is 5.03. The van der Waals surface area contributed by atoms with Crippen molar-refractivity contribution in [2.24, 2.45) is 4.99 Å². The summed E-state index contributed by atoms with van der Waals surface area (Å²) in [5, 5.41) is 8.62. The van der Waals surface area contributed by atoms with Crippen LogP contribution in [-0.2, 0) is 6.54 Å². The van der Waals surface area contributed by atoms with Crippen molar-refractivity contribution >= 4 is 16.9 Å². The lowest BCUT2D eigenvalue weighted by atomic mass is 10.0. The van der Waals surface area contributed by atoms with E-state index in [0.29, 0.717) is 12.1 Å². The van der Waals surface area contributed by atoms with Crippen LogP contribution in [0.15, 0.2) is 15.6 Å². The molecule has 0 atom stereocenters. The number of rotatable bonds is 2. The predicted octanol–water partition coefficient (Wildman–Crippen LogP) is 2.49. The van der Waals surface area contributed by atoms with Gasteiger partial charge in [0.05, 0.1) is 6.54 Å². The van der Waals surface area contributed by atoms with Gasteiger partial charge in [-0.1, -0.05) is 29.8 Å². The van der Waals surface area contributed by atoms with Crippen LogP contribution in [-0.4, -0.2) is 21.6 Å². The van der Waals surface area contributed by atoms with E-state index >= 15 is 0 Å². The Bertz CT molecular complexity index is 435. The van der Waals surface area contributed by atoms with E-state index in [9.17, 15) is 0 Å². The second-order valence-corrected chi connectivity index (χ2v) is 5.92. The Morgan fingerprint density at radius 2 is 2.35 bits per heavy atom. The number of hydrogen-bond donors (Lipinski definition) is 1. The van der Waals surface area contributed by atoms with Crippen molar-refractivity contribution in [3.05, 3.63) is 17.5 Å². The van der Waals surface area contributed by atoms with Gasteiger partial charge in [-0.05, 0) is 19.8 Å². The number of nitrogens with zero attached hydrogens (tertiary/aromatic N) is 2. The van der Waals surface area contributed by atoms with Crippen LogP contribution in [0.3, 0.4) is 0 Å². The average Bonchev–Trinajstić information content (AvgIpc) is 3.01. The Morgan fingerprint density at radius 3 is 3.06 bits per heavy atom. The molecule has 1 aromatic rings. The molecule has 2 heterocycles. The lowest BCUT2D eigenvalue weighted by molar-refractivity contribution is 0.391. The van der Waals surface area contributed by atoms with Crippen molar-refractivity contribution < 1.29 is 4.52 Å². The highest BCUT2D eigenvalue weighted by atomic mass is 32.2. The van der Waals surface area contributed by atoms with Crippen molar-refractivity contribution in [3.8, 4) is 0 Å². The molecule has 0 bridgehead atoms. The average molecular weight is 251 g/mol. The lowest BCUT2D eigenvalue weighted by Crippen LogP contribution is -2.40. The third-order valence-corrected chi connectivity index (χ3v) is 4.68. The monoisotopic (exact) mass is 251 g/mol. The minimum Gasteiger partial charge on any atom is -0.361 e. The first kappa shape index (κ1) is 11.1. The predicted molar refractivity (Wildman–Crippen MR) is 69.2 cm³/mol. The SMILES string of the molecule is Cc1cc(CN=C2NC3(CCCC3)CS2)no1. The van der Waals surface area contributed by atoms with E-state index in [-0.39, 0.29) is 0 Å². The van der Waals surface area contributed by atoms with Gasteiger partial charge in [-0.25, -0.2) is 0 Å². The van der Waals surface area contributed by atoms with Crippen LogP contribution in [0.2, 0.25) is 0 Å². The number of hydrogen-bond acceptors (Lipinski definition) is 4. The number of thioether (sulfide) groups is 1. The second kappa shape index (κ2) is 4.37. The lowest BCUT2D eigenvalue weighted by Gasteiger charge is -2.21. The van der Waals surface area contributed by atoms with Crippen molar-refractivity contribution in [3.63, 3.8) is 0 Å². The first-order chi connectivity index (χ1) is 8.26. The number of aryl methyl sites for hydroxylation is 1. The fourth-order valence-electron chi connectivity index (χ4n) is 2.56. The molecule has 2 fully saturated rings. The van der Waals surface area contributed by atoms with E-state index in [1.807, 2.05) is 24.8 Å². The maximum Gasteiger partial charge on any atom is 0.157 e. The maximum absolute atomic E-state index is 5.03. The highest BCUT2D eigenvalue weighted by Crippen LogP contribution is 2.37. The molecular formula is C12H17N3OS. The Morgan fingerprint density at radius 1 is 1.53 bits per heavy atom. The van der Waals surface area contributed by atoms with E-state index in [2.05, 4.69) is 15.5 Å². The van der Waals surface area contributed by atoms with Crippen LogP contribution in [0.4, 0.5) is 0 Å². The number of aromatic nitrogens is 1. The van der Waals surface area contributed by atoms with Gasteiger partial charge in [-0.3, -0.25) is 4.99 Å². The quantitative estimate of drug-likeness (QED) is 0.877. The van der Waals surface area contributed by atoms with E-state index in [1.165, 1.54) is 31.4 Å². The van der Waals surface area contributed by atoms with Crippen LogP contribution < -0.4 is 5.32 Å². The minimum absolute atomic E-state index is 0.350. The Kier molecular flexibility index (Phi) is 2.86. The zero-order valence-corrected chi connectivity index (χ0v) is 10.8. The molecule has 92 valence electrons. The molecule has 1 spiro atoms. The van der Waals surface area contributed by atoms with Crippen LogP contribution in [0.5, 0.6) is 0 Å². The summed E-state index contributed by atoms with van der Waals surface area (Å²) in [7, 11) is 0. The molecule has 5 heteroatoms. The van der Waals surface area contributed by atoms with Gasteiger partial charge in [0.2, 0.25) is 0 Å². The summed E-state index contributed by atoms with van der Waals surface area (Å²) in [5.74, 6) is 2.02. The number of nitrogens with one attached hydrogen (secondary N) is 1. The summed E-state index contributed by atoms with van der Waals surface area (Å²) < 4.78 is 5.03. The van der Waals surface area contributed by atoms with E-state index in [0.717, 1.165) is 16.6 Å². The standard InChI is InChI=1S/C12H17N3OS/c1-9-6-10(15-16-9)7-13-11-14-12(8-17-11)4-2-3-5-12/h6H,2-5,7-8H2,1H3,(H,13,14). The molecule has 4 nitrogen and oxygen atoms in total. The Labute approximate surface area is 105 Å². The molecule has 2 aliphatic rings. The molecule has 1 aromatic heterocycles. The van der Waals surface area contributed by atoms with E-state index in [4.69, 9.17) is 4.52 Å². The largest absolute Gasteiger partial charge is 0.361 e. The normalized spacial score (nSPS) is 24.6. The number of aliphatic imine (C=N–C) groups is 1. The minimum atomic E-state index is 0.350. The molecule has 1 saturated carbocycles. The third-order valence-electron chi connectivity index (χ3n) is 3.48. The van der Waals surface area contributed by atoms with Crippen LogP contribution in [0, 0.1) is 6.92 Å². The topological polar surface area (TPSA) is 50.4 Å². The third kappa shape index (κ3) is 2.34. The van der Waals surface area contributed by atoms with Crippen LogP contribution >= 0.6 is 11.8 Å². The zero-order valence-electron chi connectivity index (χ0n) is 10.0. The second-order valence-electron chi connectivity index (χ2n) is 4.95. The van der Waals surface area contributed by atoms with Crippen LogP contribution in [0.1, 0.15) is 37.1 Å². The number of amidine groups is 1. The molecule has 0 amide bonds. The molecule has 1 N–H and O–H groups in total. The fraction of sp³-hybridized carbons (Fsp3) is 0.667. The van der Waals surface area contributed by atoms with Crippen molar-refractivity contribution in [2.45, 2.75) is 44.7 Å². The van der Waals surface area contributed by atoms with Gasteiger partial charge in [0.25, 0.3) is 0 Å². The van der Waals surface area contributed by atoms with E-state index < -0.39 is 0 Å². The van der Waals surface area contributed by atoms with Gasteiger partial charge in [0, 0.05) is 17.4 Å². The first-order valence-electron chi connectivity index (χ1n) is 6.13. The molecule has 1 aliphatic heterocycles. The summed E-state index contributed by atoms with van der Waals surface area (Å²) in [6, 6.07) is 1.94. The van der Waals surface area contributed by atoms with Gasteiger partial charge in [-0.2, -0.15) is 0 Å². The fourth-order valence-corrected chi connectivity index (χ4v) is 3.78. The summed E-state index contributed by atoms with van der Waals surface area (Å²) in [6.07, 6.45) is 5.29. The summed E-state index contributed by atoms with van der Waals surface area (Å²) in [6.45, 7) is 2.52. The zero-order chi connectivity index (χ0) is 11.7. The molecule has 0 radical (unpaired) electrons. The van der Waals surface area contributed by atoms with Crippen LogP contribution in [0.25, 0.3) is 0 Å². The molecular weight excluding hydrogens is 234 g/mol. The molecule has 0 unspecified atom stereocenters. The van der Waals surface area contributed by atoms with Crippen molar-refractivity contribution in [1.29, 1.82) is 0 Å². The van der Waals surface area contributed by atoms with Gasteiger partial charge in [0.1, 0.15) is 11.5 Å². The first-order valence-corrected chi connectivity index (χ1v) is 7.12. The molecule has 3 rings (SSSR count). The van der Waals surface area contributed by atoms with Gasteiger partial charge >= 0.3 is 0 Å². The van der Waals surface area contributed by atoms with Gasteiger partial charge in [-0.15, -0.1) is 0 Å². The molecule has 1 saturated heterocycles. The Hall–Kier alpha value is -0.970.